The maximum Gasteiger partial charge on any atom is 0.230 e. The van der Waals surface area contributed by atoms with Gasteiger partial charge in [-0.1, -0.05) is 18.2 Å². The zero-order valence-corrected chi connectivity index (χ0v) is 12.7. The summed E-state index contributed by atoms with van der Waals surface area (Å²) in [6.45, 7) is 0.875. The third-order valence-electron chi connectivity index (χ3n) is 5.68. The molecule has 21 heavy (non-hydrogen) atoms. The predicted octanol–water partition coefficient (Wildman–Crippen LogP) is 3.12. The van der Waals surface area contributed by atoms with Gasteiger partial charge < -0.3 is 10.2 Å². The average Bonchev–Trinajstić information content (AvgIpc) is 3.18. The smallest absolute Gasteiger partial charge is 0.230 e. The number of carbonyl (C=O) groups excluding carboxylic acids is 1. The molecule has 3 unspecified atom stereocenters. The first-order valence-corrected chi connectivity index (χ1v) is 8.35. The molecule has 0 bridgehead atoms. The first kappa shape index (κ1) is 13.3. The zero-order valence-electron chi connectivity index (χ0n) is 12.7. The average molecular weight is 284 g/mol. The summed E-state index contributed by atoms with van der Waals surface area (Å²) >= 11 is 0. The van der Waals surface area contributed by atoms with Gasteiger partial charge in [-0.2, -0.15) is 0 Å². The summed E-state index contributed by atoms with van der Waals surface area (Å²) in [7, 11) is 2.02. The highest BCUT2D eigenvalue weighted by molar-refractivity contribution is 5.96. The Morgan fingerprint density at radius 2 is 1.95 bits per heavy atom. The summed E-state index contributed by atoms with van der Waals surface area (Å²) in [5.74, 6) is 2.40. The van der Waals surface area contributed by atoms with Gasteiger partial charge in [0.1, 0.15) is 0 Å². The summed E-state index contributed by atoms with van der Waals surface area (Å²) in [5.41, 5.74) is 2.42. The van der Waals surface area contributed by atoms with Gasteiger partial charge in [0.25, 0.3) is 0 Å². The molecule has 2 saturated carbocycles. The van der Waals surface area contributed by atoms with Crippen LogP contribution >= 0.6 is 0 Å². The first-order chi connectivity index (χ1) is 10.3. The van der Waals surface area contributed by atoms with Gasteiger partial charge in [0, 0.05) is 24.2 Å². The third kappa shape index (κ3) is 2.28. The number of para-hydroxylation sites is 1. The van der Waals surface area contributed by atoms with E-state index < -0.39 is 0 Å². The molecule has 1 amide bonds. The third-order valence-corrected chi connectivity index (χ3v) is 5.68. The number of amides is 1. The summed E-state index contributed by atoms with van der Waals surface area (Å²) in [6.07, 6.45) is 5.83. The second-order valence-corrected chi connectivity index (χ2v) is 6.96. The van der Waals surface area contributed by atoms with Crippen molar-refractivity contribution in [2.75, 3.05) is 18.5 Å². The Labute approximate surface area is 126 Å². The Kier molecular flexibility index (Phi) is 3.26. The van der Waals surface area contributed by atoms with Crippen molar-refractivity contribution >= 4 is 11.6 Å². The van der Waals surface area contributed by atoms with Gasteiger partial charge in [-0.25, -0.2) is 0 Å². The Hall–Kier alpha value is -1.35. The minimum Gasteiger partial charge on any atom is -0.313 e. The fourth-order valence-electron chi connectivity index (χ4n) is 4.42. The maximum absolute atomic E-state index is 13.0. The van der Waals surface area contributed by atoms with Crippen molar-refractivity contribution in [2.45, 2.75) is 38.1 Å². The Bertz CT molecular complexity index is 546. The standard InChI is InChI=1S/C18H24N2O/c1-19-16-6-4-8-20(17-7-3-2-5-15(16)17)18(21)14-10-12-9-13(12)11-14/h2-3,5,7,12-14,16,19H,4,6,8-11H2,1H3. The van der Waals surface area contributed by atoms with Crippen LogP contribution in [0.4, 0.5) is 5.69 Å². The van der Waals surface area contributed by atoms with Crippen molar-refractivity contribution in [2.24, 2.45) is 17.8 Å². The van der Waals surface area contributed by atoms with Crippen molar-refractivity contribution in [3.63, 3.8) is 0 Å². The summed E-state index contributed by atoms with van der Waals surface area (Å²) < 4.78 is 0. The Balaban J connectivity index is 1.63. The van der Waals surface area contributed by atoms with Gasteiger partial charge in [-0.3, -0.25) is 4.79 Å². The number of anilines is 1. The normalized spacial score (nSPS) is 34.0. The molecule has 0 spiro atoms. The highest BCUT2D eigenvalue weighted by Gasteiger charge is 2.49. The van der Waals surface area contributed by atoms with E-state index in [-0.39, 0.29) is 5.92 Å². The highest BCUT2D eigenvalue weighted by atomic mass is 16.2. The van der Waals surface area contributed by atoms with E-state index in [2.05, 4.69) is 34.5 Å². The largest absolute Gasteiger partial charge is 0.313 e. The number of nitrogens with zero attached hydrogens (tertiary/aromatic N) is 1. The number of fused-ring (bicyclic) bond motifs is 2. The van der Waals surface area contributed by atoms with Gasteiger partial charge in [-0.15, -0.1) is 0 Å². The molecule has 1 N–H and O–H groups in total. The molecule has 0 aromatic heterocycles. The Morgan fingerprint density at radius 1 is 1.19 bits per heavy atom. The molecule has 3 heteroatoms. The van der Waals surface area contributed by atoms with Crippen LogP contribution in [0.5, 0.6) is 0 Å². The fourth-order valence-corrected chi connectivity index (χ4v) is 4.42. The van der Waals surface area contributed by atoms with E-state index in [0.29, 0.717) is 11.9 Å². The van der Waals surface area contributed by atoms with Gasteiger partial charge in [0.2, 0.25) is 5.91 Å². The molecular weight excluding hydrogens is 260 g/mol. The van der Waals surface area contributed by atoms with E-state index in [9.17, 15) is 4.79 Å². The van der Waals surface area contributed by atoms with Crippen LogP contribution in [0.15, 0.2) is 24.3 Å². The van der Waals surface area contributed by atoms with E-state index in [0.717, 1.165) is 49.8 Å². The number of carbonyl (C=O) groups is 1. The zero-order chi connectivity index (χ0) is 14.4. The van der Waals surface area contributed by atoms with Crippen LogP contribution in [-0.4, -0.2) is 19.5 Å². The van der Waals surface area contributed by atoms with Crippen molar-refractivity contribution < 1.29 is 4.79 Å². The lowest BCUT2D eigenvalue weighted by Gasteiger charge is -2.27. The lowest BCUT2D eigenvalue weighted by Crippen LogP contribution is -2.36. The second kappa shape index (κ2) is 5.13. The van der Waals surface area contributed by atoms with Crippen LogP contribution in [0, 0.1) is 17.8 Å². The van der Waals surface area contributed by atoms with Crippen LogP contribution in [0.3, 0.4) is 0 Å². The molecule has 3 aliphatic rings. The molecule has 3 atom stereocenters. The minimum absolute atomic E-state index is 0.285. The number of nitrogens with one attached hydrogen (secondary N) is 1. The van der Waals surface area contributed by atoms with E-state index >= 15 is 0 Å². The van der Waals surface area contributed by atoms with Gasteiger partial charge in [0.05, 0.1) is 0 Å². The first-order valence-electron chi connectivity index (χ1n) is 8.35. The van der Waals surface area contributed by atoms with E-state index in [1.165, 1.54) is 12.0 Å². The molecule has 1 aliphatic heterocycles. The molecule has 112 valence electrons. The molecule has 1 aromatic rings. The van der Waals surface area contributed by atoms with Gasteiger partial charge in [0.15, 0.2) is 0 Å². The highest BCUT2D eigenvalue weighted by Crippen LogP contribution is 2.55. The molecule has 1 aromatic carbocycles. The molecule has 2 fully saturated rings. The molecule has 3 nitrogen and oxygen atoms in total. The van der Waals surface area contributed by atoms with E-state index in [4.69, 9.17) is 0 Å². The number of benzene rings is 1. The van der Waals surface area contributed by atoms with E-state index in [1.807, 2.05) is 7.05 Å². The lowest BCUT2D eigenvalue weighted by molar-refractivity contribution is -0.122. The predicted molar refractivity (Wildman–Crippen MR) is 84.2 cm³/mol. The monoisotopic (exact) mass is 284 g/mol. The quantitative estimate of drug-likeness (QED) is 0.905. The number of hydrogen-bond acceptors (Lipinski definition) is 2. The maximum atomic E-state index is 13.0. The molecule has 2 aliphatic carbocycles. The minimum atomic E-state index is 0.285. The van der Waals surface area contributed by atoms with Crippen molar-refractivity contribution in [1.82, 2.24) is 5.32 Å². The SMILES string of the molecule is CNC1CCCN(C(=O)C2CC3CC3C2)c2ccccc21. The number of rotatable bonds is 2. The lowest BCUT2D eigenvalue weighted by atomic mass is 10.00. The van der Waals surface area contributed by atoms with E-state index in [1.54, 1.807) is 0 Å². The molecule has 0 saturated heterocycles. The second-order valence-electron chi connectivity index (χ2n) is 6.96. The van der Waals surface area contributed by atoms with Crippen LogP contribution in [0.1, 0.15) is 43.7 Å². The van der Waals surface area contributed by atoms with Crippen molar-refractivity contribution in [3.05, 3.63) is 29.8 Å². The topological polar surface area (TPSA) is 32.3 Å². The number of hydrogen-bond donors (Lipinski definition) is 1. The molecular formula is C18H24N2O. The van der Waals surface area contributed by atoms with Gasteiger partial charge >= 0.3 is 0 Å². The molecule has 1 heterocycles. The Morgan fingerprint density at radius 3 is 2.71 bits per heavy atom. The van der Waals surface area contributed by atoms with Crippen molar-refractivity contribution in [3.8, 4) is 0 Å². The summed E-state index contributed by atoms with van der Waals surface area (Å²) in [6, 6.07) is 8.81. The van der Waals surface area contributed by atoms with Gasteiger partial charge in [-0.05, 0) is 62.6 Å². The van der Waals surface area contributed by atoms with Crippen LogP contribution in [0.25, 0.3) is 0 Å². The summed E-state index contributed by atoms with van der Waals surface area (Å²) in [4.78, 5) is 15.1. The molecule has 0 radical (unpaired) electrons. The van der Waals surface area contributed by atoms with Crippen LogP contribution in [0.2, 0.25) is 0 Å². The fraction of sp³-hybridized carbons (Fsp3) is 0.611. The summed E-state index contributed by atoms with van der Waals surface area (Å²) in [5, 5.41) is 3.41. The van der Waals surface area contributed by atoms with Crippen LogP contribution in [-0.2, 0) is 4.79 Å². The van der Waals surface area contributed by atoms with Crippen LogP contribution < -0.4 is 10.2 Å². The molecule has 4 rings (SSSR count). The van der Waals surface area contributed by atoms with Crippen molar-refractivity contribution in [1.29, 1.82) is 0 Å².